The van der Waals surface area contributed by atoms with E-state index in [1.807, 2.05) is 30.3 Å². The average Bonchev–Trinajstić information content (AvgIpc) is 3.48. The fourth-order valence-corrected chi connectivity index (χ4v) is 6.62. The van der Waals surface area contributed by atoms with Crippen LogP contribution in [0.2, 0.25) is 0 Å². The Morgan fingerprint density at radius 1 is 0.930 bits per heavy atom. The summed E-state index contributed by atoms with van der Waals surface area (Å²) in [4.78, 5) is 8.33. The Hall–Kier alpha value is -4.56. The Morgan fingerprint density at radius 3 is 2.16 bits per heavy atom. The third kappa shape index (κ3) is 5.75. The second-order valence-corrected chi connectivity index (χ2v) is 11.6. The molecular formula is C29H24F5N5O3S. The second-order valence-electron chi connectivity index (χ2n) is 9.59. The number of nitrogens with one attached hydrogen (secondary N) is 1. The lowest BCUT2D eigenvalue weighted by atomic mass is 10.1. The van der Waals surface area contributed by atoms with Crippen LogP contribution in [-0.4, -0.2) is 41.8 Å². The highest BCUT2D eigenvalue weighted by molar-refractivity contribution is 7.89. The molecule has 14 heteroatoms. The van der Waals surface area contributed by atoms with E-state index in [2.05, 4.69) is 21.9 Å². The summed E-state index contributed by atoms with van der Waals surface area (Å²) in [5, 5.41) is 0.914. The molecule has 1 saturated heterocycles. The van der Waals surface area contributed by atoms with Gasteiger partial charge in [-0.1, -0.05) is 36.4 Å². The molecule has 0 saturated carbocycles. The van der Waals surface area contributed by atoms with Crippen LogP contribution in [0.15, 0.2) is 73.6 Å². The number of anilines is 2. The van der Waals surface area contributed by atoms with Crippen molar-refractivity contribution < 1.29 is 35.1 Å². The van der Waals surface area contributed by atoms with Crippen molar-refractivity contribution in [2.24, 2.45) is 0 Å². The summed E-state index contributed by atoms with van der Waals surface area (Å²) in [6, 6.07) is 15.6. The van der Waals surface area contributed by atoms with Crippen molar-refractivity contribution >= 4 is 21.7 Å². The van der Waals surface area contributed by atoms with Crippen LogP contribution in [-0.2, 0) is 10.0 Å². The summed E-state index contributed by atoms with van der Waals surface area (Å²) in [5.41, 5.74) is 5.77. The molecule has 0 bridgehead atoms. The maximum absolute atomic E-state index is 14.5. The Morgan fingerprint density at radius 2 is 1.53 bits per heavy atom. The van der Waals surface area contributed by atoms with Crippen LogP contribution in [0, 0.1) is 29.1 Å². The summed E-state index contributed by atoms with van der Waals surface area (Å²) in [5.74, 6) is -9.68. The van der Waals surface area contributed by atoms with Gasteiger partial charge < -0.3 is 15.8 Å². The van der Waals surface area contributed by atoms with E-state index in [0.29, 0.717) is 34.5 Å². The number of nitrogens with two attached hydrogens (primary N) is 1. The quantitative estimate of drug-likeness (QED) is 0.103. The van der Waals surface area contributed by atoms with Gasteiger partial charge in [-0.15, -0.1) is 6.58 Å². The van der Waals surface area contributed by atoms with Crippen molar-refractivity contribution in [3.8, 4) is 22.6 Å². The van der Waals surface area contributed by atoms with Gasteiger partial charge in [0.05, 0.1) is 11.1 Å². The highest BCUT2D eigenvalue weighted by atomic mass is 32.2. The van der Waals surface area contributed by atoms with E-state index >= 15 is 0 Å². The highest BCUT2D eigenvalue weighted by Gasteiger charge is 2.41. The van der Waals surface area contributed by atoms with Gasteiger partial charge in [0.15, 0.2) is 23.3 Å². The van der Waals surface area contributed by atoms with Gasteiger partial charge in [0.25, 0.3) is 0 Å². The van der Waals surface area contributed by atoms with Crippen molar-refractivity contribution in [3.05, 3.63) is 108 Å². The molecule has 1 aliphatic rings. The van der Waals surface area contributed by atoms with E-state index < -0.39 is 56.0 Å². The lowest BCUT2D eigenvalue weighted by Gasteiger charge is -2.24. The first kappa shape index (κ1) is 29.9. The molecule has 5 rings (SSSR count). The molecule has 2 heterocycles. The first-order valence-corrected chi connectivity index (χ1v) is 14.4. The number of rotatable bonds is 9. The normalized spacial score (nSPS) is 16.2. The van der Waals surface area contributed by atoms with Gasteiger partial charge >= 0.3 is 0 Å². The zero-order chi connectivity index (χ0) is 30.9. The SMILES string of the molecule is C=CC(c1c(F)c(F)c(F)c(F)c1F)S(=O)(=O)N1CCC(Nc2ncnc(N)c2-c2ccc(Oc3ccccc3)cc2)C1. The molecule has 3 aromatic carbocycles. The molecule has 0 amide bonds. The van der Waals surface area contributed by atoms with Crippen molar-refractivity contribution in [2.75, 3.05) is 24.1 Å². The lowest BCUT2D eigenvalue weighted by molar-refractivity contribution is 0.369. The largest absolute Gasteiger partial charge is 0.457 e. The number of hydrogen-bond acceptors (Lipinski definition) is 7. The third-order valence-corrected chi connectivity index (χ3v) is 9.03. The molecule has 3 N–H and O–H groups in total. The van der Waals surface area contributed by atoms with Crippen molar-refractivity contribution in [3.63, 3.8) is 0 Å². The summed E-state index contributed by atoms with van der Waals surface area (Å²) >= 11 is 0. The first-order chi connectivity index (χ1) is 20.5. The van der Waals surface area contributed by atoms with Crippen LogP contribution < -0.4 is 15.8 Å². The minimum atomic E-state index is -4.65. The van der Waals surface area contributed by atoms with Crippen LogP contribution in [0.3, 0.4) is 0 Å². The number of halogens is 5. The molecule has 43 heavy (non-hydrogen) atoms. The molecule has 2 atom stereocenters. The zero-order valence-corrected chi connectivity index (χ0v) is 23.1. The summed E-state index contributed by atoms with van der Waals surface area (Å²) in [7, 11) is -4.65. The molecule has 8 nitrogen and oxygen atoms in total. The lowest BCUT2D eigenvalue weighted by Crippen LogP contribution is -2.35. The molecule has 4 aromatic rings. The van der Waals surface area contributed by atoms with E-state index in [1.54, 1.807) is 24.3 Å². The predicted molar refractivity (Wildman–Crippen MR) is 150 cm³/mol. The minimum absolute atomic E-state index is 0.110. The van der Waals surface area contributed by atoms with E-state index in [4.69, 9.17) is 10.5 Å². The zero-order valence-electron chi connectivity index (χ0n) is 22.3. The number of nitrogens with zero attached hydrogens (tertiary/aromatic N) is 3. The van der Waals surface area contributed by atoms with E-state index in [1.165, 1.54) is 6.33 Å². The van der Waals surface area contributed by atoms with Crippen LogP contribution >= 0.6 is 0 Å². The maximum atomic E-state index is 14.5. The summed E-state index contributed by atoms with van der Waals surface area (Å²) in [6.45, 7) is 2.97. The van der Waals surface area contributed by atoms with Gasteiger partial charge in [0.1, 0.15) is 34.7 Å². The second kappa shape index (κ2) is 12.0. The molecule has 2 unspecified atom stereocenters. The van der Waals surface area contributed by atoms with E-state index in [-0.39, 0.29) is 25.3 Å². The number of hydrogen-bond donors (Lipinski definition) is 2. The van der Waals surface area contributed by atoms with Gasteiger partial charge in [-0.2, -0.15) is 4.31 Å². The van der Waals surface area contributed by atoms with Crippen LogP contribution in [0.1, 0.15) is 17.2 Å². The van der Waals surface area contributed by atoms with Gasteiger partial charge in [0, 0.05) is 19.1 Å². The molecule has 0 radical (unpaired) electrons. The number of nitrogen functional groups attached to an aromatic ring is 1. The maximum Gasteiger partial charge on any atom is 0.225 e. The van der Waals surface area contributed by atoms with Crippen molar-refractivity contribution in [1.82, 2.24) is 14.3 Å². The minimum Gasteiger partial charge on any atom is -0.457 e. The van der Waals surface area contributed by atoms with Crippen LogP contribution in [0.4, 0.5) is 33.6 Å². The number of sulfonamides is 1. The highest BCUT2D eigenvalue weighted by Crippen LogP contribution is 2.37. The fourth-order valence-electron chi connectivity index (χ4n) is 4.80. The summed E-state index contributed by atoms with van der Waals surface area (Å²) < 4.78 is 104. The smallest absolute Gasteiger partial charge is 0.225 e. The van der Waals surface area contributed by atoms with Crippen molar-refractivity contribution in [1.29, 1.82) is 0 Å². The van der Waals surface area contributed by atoms with Gasteiger partial charge in [-0.25, -0.2) is 40.3 Å². The molecule has 1 aliphatic heterocycles. The molecule has 1 fully saturated rings. The van der Waals surface area contributed by atoms with Crippen LogP contribution in [0.25, 0.3) is 11.1 Å². The third-order valence-electron chi connectivity index (χ3n) is 6.91. The van der Waals surface area contributed by atoms with Crippen LogP contribution in [0.5, 0.6) is 11.5 Å². The Kier molecular flexibility index (Phi) is 8.33. The van der Waals surface area contributed by atoms with E-state index in [9.17, 15) is 30.4 Å². The number of para-hydroxylation sites is 1. The monoisotopic (exact) mass is 617 g/mol. The van der Waals surface area contributed by atoms with E-state index in [0.717, 1.165) is 4.31 Å². The van der Waals surface area contributed by atoms with Gasteiger partial charge in [-0.3, -0.25) is 0 Å². The predicted octanol–water partition coefficient (Wildman–Crippen LogP) is 5.96. The topological polar surface area (TPSA) is 110 Å². The molecule has 224 valence electrons. The van der Waals surface area contributed by atoms with Crippen molar-refractivity contribution in [2.45, 2.75) is 17.7 Å². The fraction of sp³-hybridized carbons (Fsp3) is 0.172. The number of ether oxygens (including phenoxy) is 1. The number of aromatic nitrogens is 2. The first-order valence-electron chi connectivity index (χ1n) is 12.9. The molecule has 1 aromatic heterocycles. The Balaban J connectivity index is 1.36. The average molecular weight is 618 g/mol. The number of benzene rings is 3. The van der Waals surface area contributed by atoms with Gasteiger partial charge in [-0.05, 0) is 36.2 Å². The molecular weight excluding hydrogens is 593 g/mol. The molecule has 0 aliphatic carbocycles. The standard InChI is InChI=1S/C29H24F5N5O3S/c1-2-20(22-23(30)25(32)27(34)26(33)24(22)31)43(40,41)39-13-12-17(14-39)38-29-21(28(35)36-15-37-29)16-8-10-19(11-9-16)42-18-6-4-3-5-7-18/h2-11,15,17,20H,1,12-14H2,(H3,35,36,37,38). The van der Waals surface area contributed by atoms with Gasteiger partial charge in [0.2, 0.25) is 15.8 Å². The Labute approximate surface area is 243 Å². The summed E-state index contributed by atoms with van der Waals surface area (Å²) in [6.07, 6.45) is 2.09. The molecule has 0 spiro atoms. The Bertz CT molecular complexity index is 1750.